The van der Waals surface area contributed by atoms with E-state index in [9.17, 15) is 29.1 Å². The first-order valence-electron chi connectivity index (χ1n) is 8.30. The summed E-state index contributed by atoms with van der Waals surface area (Å²) >= 11 is 1.38. The lowest BCUT2D eigenvalue weighted by atomic mass is 10.1. The molecule has 3 unspecified atom stereocenters. The zero-order chi connectivity index (χ0) is 21.7. The Morgan fingerprint density at radius 2 is 1.50 bits per heavy atom. The van der Waals surface area contributed by atoms with Gasteiger partial charge in [-0.15, -0.1) is 0 Å². The van der Waals surface area contributed by atoms with Gasteiger partial charge >= 0.3 is 11.9 Å². The number of aliphatic carboxylic acids is 2. The van der Waals surface area contributed by atoms with E-state index in [4.69, 9.17) is 15.9 Å². The molecule has 0 aromatic rings. The second kappa shape index (κ2) is 13.7. The van der Waals surface area contributed by atoms with Crippen molar-refractivity contribution in [3.8, 4) is 0 Å². The van der Waals surface area contributed by atoms with Gasteiger partial charge in [-0.1, -0.05) is 0 Å². The molecule has 0 fully saturated rings. The molecule has 8 N–H and O–H groups in total. The van der Waals surface area contributed by atoms with Gasteiger partial charge in [0.05, 0.1) is 13.2 Å². The number of thioether (sulfide) groups is 1. The third-order valence-electron chi connectivity index (χ3n) is 3.52. The van der Waals surface area contributed by atoms with Crippen molar-refractivity contribution >= 4 is 41.4 Å². The highest BCUT2D eigenvalue weighted by molar-refractivity contribution is 7.98. The molecule has 0 bridgehead atoms. The smallest absolute Gasteiger partial charge is 0.326 e. The van der Waals surface area contributed by atoms with Crippen LogP contribution in [0.2, 0.25) is 0 Å². The van der Waals surface area contributed by atoms with Crippen molar-refractivity contribution in [3.63, 3.8) is 0 Å². The van der Waals surface area contributed by atoms with Crippen LogP contribution in [0.4, 0.5) is 0 Å². The van der Waals surface area contributed by atoms with Crippen molar-refractivity contribution < 1.29 is 39.3 Å². The van der Waals surface area contributed by atoms with Crippen LogP contribution >= 0.6 is 11.8 Å². The Bertz CT molecular complexity index is 574. The van der Waals surface area contributed by atoms with Crippen molar-refractivity contribution in [1.82, 2.24) is 16.0 Å². The van der Waals surface area contributed by atoms with Crippen LogP contribution in [0.3, 0.4) is 0 Å². The zero-order valence-electron chi connectivity index (χ0n) is 15.3. The summed E-state index contributed by atoms with van der Waals surface area (Å²) in [4.78, 5) is 57.8. The average molecular weight is 422 g/mol. The summed E-state index contributed by atoms with van der Waals surface area (Å²) in [7, 11) is 0. The molecule has 0 aliphatic carbocycles. The number of nitrogens with two attached hydrogens (primary N) is 1. The Morgan fingerprint density at radius 3 is 1.96 bits per heavy atom. The van der Waals surface area contributed by atoms with E-state index in [2.05, 4.69) is 16.0 Å². The molecule has 3 amide bonds. The van der Waals surface area contributed by atoms with Gasteiger partial charge in [-0.05, 0) is 24.9 Å². The third-order valence-corrected chi connectivity index (χ3v) is 4.17. The van der Waals surface area contributed by atoms with Crippen molar-refractivity contribution in [2.24, 2.45) is 5.73 Å². The lowest BCUT2D eigenvalue weighted by Crippen LogP contribution is -2.57. The number of carboxylic acid groups (broad SMARTS) is 2. The largest absolute Gasteiger partial charge is 0.481 e. The maximum Gasteiger partial charge on any atom is 0.326 e. The topological polar surface area (TPSA) is 208 Å². The lowest BCUT2D eigenvalue weighted by Gasteiger charge is -2.23. The molecule has 28 heavy (non-hydrogen) atoms. The Kier molecular flexibility index (Phi) is 12.6. The quantitative estimate of drug-likeness (QED) is 0.152. The summed E-state index contributed by atoms with van der Waals surface area (Å²) < 4.78 is 0. The minimum atomic E-state index is -1.44. The maximum absolute atomic E-state index is 12.4. The monoisotopic (exact) mass is 422 g/mol. The predicted octanol–water partition coefficient (Wildman–Crippen LogP) is -2.91. The minimum absolute atomic E-state index is 0.146. The van der Waals surface area contributed by atoms with Crippen LogP contribution < -0.4 is 21.7 Å². The highest BCUT2D eigenvalue weighted by atomic mass is 32.2. The molecule has 3 atom stereocenters. The van der Waals surface area contributed by atoms with Crippen molar-refractivity contribution in [2.45, 2.75) is 37.4 Å². The fourth-order valence-electron chi connectivity index (χ4n) is 2.02. The van der Waals surface area contributed by atoms with Crippen molar-refractivity contribution in [2.75, 3.05) is 25.2 Å². The fraction of sp³-hybridized carbons (Fsp3) is 0.667. The SMILES string of the molecule is CSCCC(NC(=O)C(CO)NC(=O)CN)C(=O)NC(CCC(=O)O)C(=O)O. The van der Waals surface area contributed by atoms with Crippen LogP contribution in [0.25, 0.3) is 0 Å². The Balaban J connectivity index is 5.12. The molecule has 0 aromatic carbocycles. The number of carboxylic acids is 2. The maximum atomic E-state index is 12.4. The van der Waals surface area contributed by atoms with Gasteiger partial charge in [0, 0.05) is 6.42 Å². The highest BCUT2D eigenvalue weighted by Gasteiger charge is 2.29. The summed E-state index contributed by atoms with van der Waals surface area (Å²) in [5, 5.41) is 33.8. The number of aliphatic hydroxyl groups excluding tert-OH is 1. The summed E-state index contributed by atoms with van der Waals surface area (Å²) in [5.74, 6) is -4.52. The number of hydrogen-bond acceptors (Lipinski definition) is 8. The Morgan fingerprint density at radius 1 is 0.929 bits per heavy atom. The lowest BCUT2D eigenvalue weighted by molar-refractivity contribution is -0.143. The molecule has 0 heterocycles. The van der Waals surface area contributed by atoms with Crippen LogP contribution in [0, 0.1) is 0 Å². The molecule has 0 spiro atoms. The number of aliphatic hydroxyl groups is 1. The van der Waals surface area contributed by atoms with E-state index in [-0.39, 0.29) is 12.8 Å². The number of carbonyl (C=O) groups excluding carboxylic acids is 3. The molecule has 0 rings (SSSR count). The second-order valence-corrected chi connectivity index (χ2v) is 6.67. The molecular weight excluding hydrogens is 396 g/mol. The van der Waals surface area contributed by atoms with Gasteiger partial charge in [-0.25, -0.2) is 4.79 Å². The van der Waals surface area contributed by atoms with Gasteiger partial charge in [0.25, 0.3) is 0 Å². The summed E-state index contributed by atoms with van der Waals surface area (Å²) in [6, 6.07) is -3.92. The molecule has 0 saturated carbocycles. The van der Waals surface area contributed by atoms with Gasteiger partial charge in [0.15, 0.2) is 0 Å². The molecule has 0 aromatic heterocycles. The van der Waals surface area contributed by atoms with Crippen LogP contribution in [-0.4, -0.2) is 88.3 Å². The van der Waals surface area contributed by atoms with Gasteiger partial charge in [0.1, 0.15) is 18.1 Å². The van der Waals surface area contributed by atoms with E-state index in [1.54, 1.807) is 6.26 Å². The number of hydrogen-bond donors (Lipinski definition) is 7. The van der Waals surface area contributed by atoms with Crippen molar-refractivity contribution in [1.29, 1.82) is 0 Å². The molecule has 0 aliphatic rings. The second-order valence-electron chi connectivity index (χ2n) is 5.68. The molecule has 12 nitrogen and oxygen atoms in total. The van der Waals surface area contributed by atoms with Gasteiger partial charge < -0.3 is 37.0 Å². The standard InChI is InChI=1S/C15H26N4O8S/c1-28-5-4-8(18-14(25)10(7-20)17-11(21)6-16)13(24)19-9(15(26)27)2-3-12(22)23/h8-10,20H,2-7,16H2,1H3,(H,17,21)(H,18,25)(H,19,24)(H,22,23)(H,26,27). The van der Waals surface area contributed by atoms with Crippen LogP contribution in [0.5, 0.6) is 0 Å². The van der Waals surface area contributed by atoms with E-state index in [0.717, 1.165) is 0 Å². The normalized spacial score (nSPS) is 13.7. The number of nitrogens with one attached hydrogen (secondary N) is 3. The molecule has 160 valence electrons. The molecular formula is C15H26N4O8S. The molecule has 13 heteroatoms. The highest BCUT2D eigenvalue weighted by Crippen LogP contribution is 2.05. The number of amides is 3. The van der Waals surface area contributed by atoms with E-state index < -0.39 is 67.4 Å². The number of carbonyl (C=O) groups is 5. The molecule has 0 saturated heterocycles. The first-order chi connectivity index (χ1) is 13.2. The van der Waals surface area contributed by atoms with E-state index in [0.29, 0.717) is 5.75 Å². The van der Waals surface area contributed by atoms with E-state index in [1.807, 2.05) is 0 Å². The first kappa shape index (κ1) is 25.6. The van der Waals surface area contributed by atoms with Gasteiger partial charge in [-0.3, -0.25) is 19.2 Å². The zero-order valence-corrected chi connectivity index (χ0v) is 16.2. The van der Waals surface area contributed by atoms with E-state index >= 15 is 0 Å². The van der Waals surface area contributed by atoms with Crippen molar-refractivity contribution in [3.05, 3.63) is 0 Å². The molecule has 0 aliphatic heterocycles. The van der Waals surface area contributed by atoms with E-state index in [1.165, 1.54) is 11.8 Å². The third kappa shape index (κ3) is 10.1. The summed E-state index contributed by atoms with van der Waals surface area (Å²) in [6.07, 6.45) is 1.12. The summed E-state index contributed by atoms with van der Waals surface area (Å²) in [6.45, 7) is -1.13. The summed E-state index contributed by atoms with van der Waals surface area (Å²) in [5.41, 5.74) is 5.13. The van der Waals surface area contributed by atoms with Crippen LogP contribution in [0.15, 0.2) is 0 Å². The molecule has 0 radical (unpaired) electrons. The minimum Gasteiger partial charge on any atom is -0.481 e. The van der Waals surface area contributed by atoms with Crippen LogP contribution in [-0.2, 0) is 24.0 Å². The predicted molar refractivity (Wildman–Crippen MR) is 99.4 cm³/mol. The van der Waals surface area contributed by atoms with Crippen LogP contribution in [0.1, 0.15) is 19.3 Å². The van der Waals surface area contributed by atoms with Gasteiger partial charge in [0.2, 0.25) is 17.7 Å². The number of rotatable bonds is 14. The van der Waals surface area contributed by atoms with Gasteiger partial charge in [-0.2, -0.15) is 11.8 Å². The fourth-order valence-corrected chi connectivity index (χ4v) is 2.49. The first-order valence-corrected chi connectivity index (χ1v) is 9.70. The Hall–Kier alpha value is -2.38. The average Bonchev–Trinajstić information content (AvgIpc) is 2.65. The Labute approximate surface area is 165 Å².